The van der Waals surface area contributed by atoms with Crippen LogP contribution < -0.4 is 10.2 Å². The van der Waals surface area contributed by atoms with Gasteiger partial charge in [0, 0.05) is 24.2 Å². The second-order valence-electron chi connectivity index (χ2n) is 8.35. The molecule has 0 bridgehead atoms. The van der Waals surface area contributed by atoms with Crippen LogP contribution in [-0.4, -0.2) is 41.1 Å². The van der Waals surface area contributed by atoms with Gasteiger partial charge >= 0.3 is 6.09 Å². The van der Waals surface area contributed by atoms with Crippen molar-refractivity contribution in [2.75, 3.05) is 18.0 Å². The molecule has 2 aliphatic heterocycles. The number of piperidine rings is 1. The average molecular weight is 412 g/mol. The molecule has 160 valence electrons. The van der Waals surface area contributed by atoms with Gasteiger partial charge < -0.3 is 19.7 Å². The van der Waals surface area contributed by atoms with Gasteiger partial charge in [-0.2, -0.15) is 0 Å². The van der Waals surface area contributed by atoms with Gasteiger partial charge in [-0.15, -0.1) is 0 Å². The van der Waals surface area contributed by atoms with Crippen LogP contribution in [0.3, 0.4) is 0 Å². The van der Waals surface area contributed by atoms with Crippen molar-refractivity contribution in [1.29, 1.82) is 0 Å². The number of carboxylic acid groups (broad SMARTS) is 1. The molecule has 2 aromatic rings. The lowest BCUT2D eigenvalue weighted by Crippen LogP contribution is -2.45. The van der Waals surface area contributed by atoms with Gasteiger partial charge in [-0.3, -0.25) is 9.69 Å². The van der Waals surface area contributed by atoms with E-state index in [0.29, 0.717) is 6.42 Å². The molecule has 0 unspecified atom stereocenters. The highest BCUT2D eigenvalue weighted by Gasteiger charge is 2.33. The summed E-state index contributed by atoms with van der Waals surface area (Å²) in [6.07, 6.45) is 3.24. The van der Waals surface area contributed by atoms with Gasteiger partial charge in [-0.25, -0.2) is 4.79 Å². The third-order valence-corrected chi connectivity index (χ3v) is 6.09. The van der Waals surface area contributed by atoms with Gasteiger partial charge in [0.15, 0.2) is 0 Å². The number of amides is 2. The Bertz CT molecular complexity index is 932. The maximum atomic E-state index is 12.2. The van der Waals surface area contributed by atoms with E-state index in [4.69, 9.17) is 4.42 Å². The number of anilines is 1. The molecule has 1 saturated heterocycles. The molecule has 0 spiro atoms. The fraction of sp³-hybridized carbons (Fsp3) is 0.478. The lowest BCUT2D eigenvalue weighted by Gasteiger charge is -2.39. The van der Waals surface area contributed by atoms with Crippen molar-refractivity contribution < 1.29 is 19.1 Å². The quantitative estimate of drug-likeness (QED) is 0.779. The standard InChI is InChI=1S/C23H29N3O4/c1-15-12-20(24-23(28)29)19-13-17(6-8-21(19)26(15)16(2)27)22-9-7-18(30-22)14-25-10-4-3-5-11-25/h6-9,13,15,20,24H,3-5,10-12,14H2,1-2H3,(H,28,29)/t15-,20+/m0/s1. The zero-order chi connectivity index (χ0) is 21.3. The van der Waals surface area contributed by atoms with E-state index in [2.05, 4.69) is 10.2 Å². The number of hydrogen-bond acceptors (Lipinski definition) is 4. The van der Waals surface area contributed by atoms with E-state index in [1.54, 1.807) is 11.8 Å². The number of nitrogens with one attached hydrogen (secondary N) is 1. The second kappa shape index (κ2) is 8.52. The number of benzene rings is 1. The molecule has 1 fully saturated rings. The molecule has 1 aromatic carbocycles. The van der Waals surface area contributed by atoms with E-state index in [-0.39, 0.29) is 18.0 Å². The zero-order valence-electron chi connectivity index (χ0n) is 17.6. The molecule has 7 heteroatoms. The molecule has 0 radical (unpaired) electrons. The second-order valence-corrected chi connectivity index (χ2v) is 8.35. The van der Waals surface area contributed by atoms with E-state index in [0.717, 1.165) is 48.0 Å². The minimum atomic E-state index is -1.07. The highest BCUT2D eigenvalue weighted by atomic mass is 16.4. The van der Waals surface area contributed by atoms with Gasteiger partial charge in [0.1, 0.15) is 11.5 Å². The number of nitrogens with zero attached hydrogens (tertiary/aromatic N) is 2. The maximum absolute atomic E-state index is 12.2. The number of carbonyl (C=O) groups is 2. The van der Waals surface area contributed by atoms with E-state index in [1.807, 2.05) is 37.3 Å². The molecule has 2 aliphatic rings. The molecular formula is C23H29N3O4. The fourth-order valence-electron chi connectivity index (χ4n) is 4.74. The summed E-state index contributed by atoms with van der Waals surface area (Å²) in [5.74, 6) is 1.64. The van der Waals surface area contributed by atoms with Gasteiger partial charge in [0.2, 0.25) is 5.91 Å². The van der Waals surface area contributed by atoms with E-state index in [9.17, 15) is 14.7 Å². The van der Waals surface area contributed by atoms with Crippen LogP contribution in [0.15, 0.2) is 34.7 Å². The molecule has 2 amide bonds. The molecule has 1 aromatic heterocycles. The summed E-state index contributed by atoms with van der Waals surface area (Å²) >= 11 is 0. The largest absolute Gasteiger partial charge is 0.465 e. The van der Waals surface area contributed by atoms with Gasteiger partial charge in [0.05, 0.1) is 12.6 Å². The molecule has 2 N–H and O–H groups in total. The molecule has 4 rings (SSSR count). The normalized spacial score (nSPS) is 21.9. The first kappa shape index (κ1) is 20.5. The van der Waals surface area contributed by atoms with Gasteiger partial charge in [0.25, 0.3) is 0 Å². The first-order chi connectivity index (χ1) is 14.4. The Morgan fingerprint density at radius 2 is 1.93 bits per heavy atom. The predicted molar refractivity (Wildman–Crippen MR) is 114 cm³/mol. The highest BCUT2D eigenvalue weighted by molar-refractivity contribution is 5.94. The fourth-order valence-corrected chi connectivity index (χ4v) is 4.74. The van der Waals surface area contributed by atoms with Crippen LogP contribution in [-0.2, 0) is 11.3 Å². The summed E-state index contributed by atoms with van der Waals surface area (Å²) in [6, 6.07) is 9.30. The minimum absolute atomic E-state index is 0.0490. The Morgan fingerprint density at radius 3 is 2.63 bits per heavy atom. The van der Waals surface area contributed by atoms with Crippen molar-refractivity contribution in [3.63, 3.8) is 0 Å². The van der Waals surface area contributed by atoms with Crippen molar-refractivity contribution in [2.45, 2.75) is 58.2 Å². The summed E-state index contributed by atoms with van der Waals surface area (Å²) < 4.78 is 6.12. The topological polar surface area (TPSA) is 86.0 Å². The van der Waals surface area contributed by atoms with Crippen molar-refractivity contribution in [3.05, 3.63) is 41.7 Å². The zero-order valence-corrected chi connectivity index (χ0v) is 17.6. The minimum Gasteiger partial charge on any atom is -0.465 e. The SMILES string of the molecule is CC(=O)N1c2ccc(-c3ccc(CN4CCCCC4)o3)cc2[C@H](NC(=O)O)C[C@@H]1C. The molecule has 3 heterocycles. The summed E-state index contributed by atoms with van der Waals surface area (Å²) in [6.45, 7) is 6.50. The van der Waals surface area contributed by atoms with E-state index in [1.165, 1.54) is 19.3 Å². The summed E-state index contributed by atoms with van der Waals surface area (Å²) in [5, 5.41) is 11.9. The number of likely N-dealkylation sites (tertiary alicyclic amines) is 1. The summed E-state index contributed by atoms with van der Waals surface area (Å²) in [5.41, 5.74) is 2.44. The van der Waals surface area contributed by atoms with Crippen LogP contribution in [0.1, 0.15) is 56.9 Å². The van der Waals surface area contributed by atoms with Crippen LogP contribution in [0, 0.1) is 0 Å². The molecule has 2 atom stereocenters. The van der Waals surface area contributed by atoms with Crippen LogP contribution in [0.5, 0.6) is 0 Å². The van der Waals surface area contributed by atoms with Gasteiger partial charge in [-0.1, -0.05) is 6.42 Å². The molecular weight excluding hydrogens is 382 g/mol. The Kier molecular flexibility index (Phi) is 5.81. The van der Waals surface area contributed by atoms with Crippen LogP contribution in [0.25, 0.3) is 11.3 Å². The van der Waals surface area contributed by atoms with Crippen molar-refractivity contribution in [3.8, 4) is 11.3 Å². The Labute approximate surface area is 176 Å². The third-order valence-electron chi connectivity index (χ3n) is 6.09. The van der Waals surface area contributed by atoms with Crippen molar-refractivity contribution >= 4 is 17.7 Å². The first-order valence-electron chi connectivity index (χ1n) is 10.7. The Hall–Kier alpha value is -2.80. The Balaban J connectivity index is 1.63. The highest BCUT2D eigenvalue weighted by Crippen LogP contribution is 2.40. The number of rotatable bonds is 4. The average Bonchev–Trinajstić information content (AvgIpc) is 3.16. The maximum Gasteiger partial charge on any atom is 0.405 e. The molecule has 0 aliphatic carbocycles. The molecule has 7 nitrogen and oxygen atoms in total. The van der Waals surface area contributed by atoms with Crippen LogP contribution >= 0.6 is 0 Å². The number of hydrogen-bond donors (Lipinski definition) is 2. The number of fused-ring (bicyclic) bond motifs is 1. The number of furan rings is 1. The van der Waals surface area contributed by atoms with Crippen LogP contribution in [0.2, 0.25) is 0 Å². The molecule has 0 saturated carbocycles. The van der Waals surface area contributed by atoms with E-state index >= 15 is 0 Å². The monoisotopic (exact) mass is 411 g/mol. The Morgan fingerprint density at radius 1 is 1.17 bits per heavy atom. The van der Waals surface area contributed by atoms with Gasteiger partial charge in [-0.05, 0) is 75.2 Å². The van der Waals surface area contributed by atoms with Crippen LogP contribution in [0.4, 0.5) is 10.5 Å². The smallest absolute Gasteiger partial charge is 0.405 e. The van der Waals surface area contributed by atoms with E-state index < -0.39 is 6.09 Å². The summed E-state index contributed by atoms with van der Waals surface area (Å²) in [7, 11) is 0. The van der Waals surface area contributed by atoms with Crippen molar-refractivity contribution in [1.82, 2.24) is 10.2 Å². The lowest BCUT2D eigenvalue weighted by atomic mass is 9.90. The summed E-state index contributed by atoms with van der Waals surface area (Å²) in [4.78, 5) is 27.7. The predicted octanol–water partition coefficient (Wildman–Crippen LogP) is 4.39. The molecule has 30 heavy (non-hydrogen) atoms. The lowest BCUT2D eigenvalue weighted by molar-refractivity contribution is -0.117. The number of carbonyl (C=O) groups excluding carboxylic acids is 1. The third kappa shape index (κ3) is 4.21. The first-order valence-corrected chi connectivity index (χ1v) is 10.7. The van der Waals surface area contributed by atoms with Crippen molar-refractivity contribution in [2.24, 2.45) is 0 Å².